The van der Waals surface area contributed by atoms with Crippen molar-refractivity contribution < 1.29 is 17.4 Å². The lowest BCUT2D eigenvalue weighted by Gasteiger charge is -2.07. The molecule has 1 heterocycles. The van der Waals surface area contributed by atoms with Crippen LogP contribution in [0.5, 0.6) is 0 Å². The van der Waals surface area contributed by atoms with Gasteiger partial charge in [0, 0.05) is 22.8 Å². The van der Waals surface area contributed by atoms with Gasteiger partial charge in [-0.15, -0.1) is 0 Å². The van der Waals surface area contributed by atoms with Gasteiger partial charge in [0.15, 0.2) is 6.20 Å². The Morgan fingerprint density at radius 2 is 1.75 bits per heavy atom. The van der Waals surface area contributed by atoms with Gasteiger partial charge in [0.2, 0.25) is 5.52 Å². The Morgan fingerprint density at radius 3 is 2.50 bits per heavy atom. The quantitative estimate of drug-likeness (QED) is 0.760. The van der Waals surface area contributed by atoms with E-state index < -0.39 is 0 Å². The van der Waals surface area contributed by atoms with E-state index in [1.54, 1.807) is 0 Å². The number of pyridine rings is 1. The normalized spacial score (nSPS) is 10.1. The molecule has 4 heteroatoms. The predicted molar refractivity (Wildman–Crippen MR) is 80.0 cm³/mol. The number of anilines is 2. The first-order chi connectivity index (χ1) is 9.22. The maximum absolute atomic E-state index is 6.01. The summed E-state index contributed by atoms with van der Waals surface area (Å²) in [5.74, 6) is 0. The number of hydrogen-bond acceptors (Lipinski definition) is 1. The lowest BCUT2D eigenvalue weighted by molar-refractivity contribution is -0.344. The molecule has 20 heavy (non-hydrogen) atoms. The zero-order valence-electron chi connectivity index (χ0n) is 11.0. The molecule has 102 valence electrons. The molecule has 0 aliphatic carbocycles. The smallest absolute Gasteiger partial charge is 0.214 e. The van der Waals surface area contributed by atoms with E-state index in [2.05, 4.69) is 41.5 Å². The van der Waals surface area contributed by atoms with Gasteiger partial charge in [0.05, 0.1) is 11.1 Å². The second-order valence-electron chi connectivity index (χ2n) is 4.57. The molecular weight excluding hydrogens is 291 g/mol. The fourth-order valence-corrected chi connectivity index (χ4v) is 2.25. The number of nitrogens with one attached hydrogen (secondary N) is 2. The van der Waals surface area contributed by atoms with Crippen molar-refractivity contribution in [3.8, 4) is 0 Å². The molecule has 2 aromatic carbocycles. The highest BCUT2D eigenvalue weighted by molar-refractivity contribution is 6.31. The zero-order valence-corrected chi connectivity index (χ0v) is 12.5. The lowest BCUT2D eigenvalue weighted by Crippen LogP contribution is -3.00. The summed E-state index contributed by atoms with van der Waals surface area (Å²) < 4.78 is 0. The van der Waals surface area contributed by atoms with Crippen LogP contribution < -0.4 is 22.7 Å². The zero-order chi connectivity index (χ0) is 13.2. The molecule has 2 nitrogen and oxygen atoms in total. The molecule has 3 aromatic rings. The van der Waals surface area contributed by atoms with Crippen LogP contribution in [-0.2, 0) is 0 Å². The molecule has 0 amide bonds. The Morgan fingerprint density at radius 1 is 1.00 bits per heavy atom. The van der Waals surface area contributed by atoms with Crippen LogP contribution in [0.15, 0.2) is 54.7 Å². The Hall–Kier alpha value is -1.77. The molecule has 0 unspecified atom stereocenters. The summed E-state index contributed by atoms with van der Waals surface area (Å²) in [5.41, 5.74) is 4.41. The minimum Gasteiger partial charge on any atom is -1.00 e. The Bertz CT molecular complexity index is 724. The van der Waals surface area contributed by atoms with Crippen molar-refractivity contribution in [3.63, 3.8) is 0 Å². The van der Waals surface area contributed by atoms with Crippen LogP contribution >= 0.6 is 11.6 Å². The highest BCUT2D eigenvalue weighted by atomic mass is 35.5. The molecule has 3 rings (SSSR count). The summed E-state index contributed by atoms with van der Waals surface area (Å²) in [6.07, 6.45) is 1.91. The van der Waals surface area contributed by atoms with Gasteiger partial charge in [0.1, 0.15) is 0 Å². The van der Waals surface area contributed by atoms with E-state index >= 15 is 0 Å². The van der Waals surface area contributed by atoms with Gasteiger partial charge in [-0.3, -0.25) is 0 Å². The summed E-state index contributed by atoms with van der Waals surface area (Å²) in [4.78, 5) is 3.20. The SMILES string of the molecule is Cc1ccc(Nc2cc[nH+]c3cc(Cl)ccc23)cc1.[Cl-]. The van der Waals surface area contributed by atoms with E-state index in [-0.39, 0.29) is 12.4 Å². The number of aromatic amines is 1. The third kappa shape index (κ3) is 3.03. The number of fused-ring (bicyclic) bond motifs is 1. The van der Waals surface area contributed by atoms with E-state index in [4.69, 9.17) is 11.6 Å². The number of aromatic nitrogens is 1. The summed E-state index contributed by atoms with van der Waals surface area (Å²) in [7, 11) is 0. The largest absolute Gasteiger partial charge is 1.00 e. The fourth-order valence-electron chi connectivity index (χ4n) is 2.08. The number of hydrogen-bond donors (Lipinski definition) is 1. The molecule has 0 fully saturated rings. The van der Waals surface area contributed by atoms with Crippen molar-refractivity contribution >= 4 is 33.9 Å². The number of rotatable bonds is 2. The minimum atomic E-state index is 0. The first-order valence-electron chi connectivity index (χ1n) is 6.16. The van der Waals surface area contributed by atoms with Crippen molar-refractivity contribution in [2.45, 2.75) is 6.92 Å². The van der Waals surface area contributed by atoms with E-state index in [0.717, 1.165) is 27.3 Å². The van der Waals surface area contributed by atoms with Gasteiger partial charge in [-0.25, -0.2) is 4.98 Å². The van der Waals surface area contributed by atoms with Crippen LogP contribution in [0.2, 0.25) is 5.02 Å². The van der Waals surface area contributed by atoms with Crippen LogP contribution in [0.25, 0.3) is 10.9 Å². The average molecular weight is 305 g/mol. The van der Waals surface area contributed by atoms with E-state index in [0.29, 0.717) is 0 Å². The second kappa shape index (κ2) is 6.12. The number of H-pyrrole nitrogens is 1. The highest BCUT2D eigenvalue weighted by Gasteiger charge is 2.07. The summed E-state index contributed by atoms with van der Waals surface area (Å²) >= 11 is 6.01. The Balaban J connectivity index is 0.00000147. The molecule has 0 bridgehead atoms. The summed E-state index contributed by atoms with van der Waals surface area (Å²) in [6.45, 7) is 2.08. The van der Waals surface area contributed by atoms with Crippen LogP contribution in [0.1, 0.15) is 5.56 Å². The van der Waals surface area contributed by atoms with Gasteiger partial charge in [-0.05, 0) is 31.2 Å². The van der Waals surface area contributed by atoms with Crippen molar-refractivity contribution in [1.29, 1.82) is 0 Å². The maximum Gasteiger partial charge on any atom is 0.214 e. The molecule has 0 radical (unpaired) electrons. The van der Waals surface area contributed by atoms with Crippen molar-refractivity contribution in [3.05, 3.63) is 65.3 Å². The second-order valence-corrected chi connectivity index (χ2v) is 5.01. The first kappa shape index (κ1) is 14.6. The molecule has 0 aliphatic heterocycles. The molecular formula is C16H14Cl2N2. The third-order valence-corrected chi connectivity index (χ3v) is 3.33. The topological polar surface area (TPSA) is 26.2 Å². The minimum absolute atomic E-state index is 0. The van der Waals surface area contributed by atoms with E-state index in [9.17, 15) is 0 Å². The van der Waals surface area contributed by atoms with Gasteiger partial charge in [-0.2, -0.15) is 0 Å². The lowest BCUT2D eigenvalue weighted by atomic mass is 10.1. The molecule has 2 N–H and O–H groups in total. The molecule has 0 atom stereocenters. The van der Waals surface area contributed by atoms with Gasteiger partial charge >= 0.3 is 0 Å². The van der Waals surface area contributed by atoms with Gasteiger partial charge in [-0.1, -0.05) is 29.3 Å². The first-order valence-corrected chi connectivity index (χ1v) is 6.54. The number of aryl methyl sites for hydroxylation is 1. The third-order valence-electron chi connectivity index (χ3n) is 3.09. The number of halogens is 2. The maximum atomic E-state index is 6.01. The standard InChI is InChI=1S/C16H13ClN2.ClH/c1-11-2-5-13(6-3-11)19-15-8-9-18-16-10-12(17)4-7-14(15)16;/h2-10H,1H3,(H,18,19);1H. The van der Waals surface area contributed by atoms with Crippen LogP contribution in [0, 0.1) is 6.92 Å². The molecule has 1 aromatic heterocycles. The van der Waals surface area contributed by atoms with Crippen molar-refractivity contribution in [2.24, 2.45) is 0 Å². The van der Waals surface area contributed by atoms with Crippen LogP contribution in [0.3, 0.4) is 0 Å². The van der Waals surface area contributed by atoms with Crippen molar-refractivity contribution in [2.75, 3.05) is 5.32 Å². The summed E-state index contributed by atoms with van der Waals surface area (Å²) in [5, 5.41) is 5.28. The van der Waals surface area contributed by atoms with Crippen LogP contribution in [0.4, 0.5) is 11.4 Å². The average Bonchev–Trinajstić information content (AvgIpc) is 2.41. The number of benzene rings is 2. The molecule has 0 saturated carbocycles. The predicted octanol–water partition coefficient (Wildman–Crippen LogP) is 1.36. The Kier molecular flexibility index (Phi) is 4.48. The van der Waals surface area contributed by atoms with Gasteiger partial charge in [0.25, 0.3) is 0 Å². The van der Waals surface area contributed by atoms with Crippen LogP contribution in [-0.4, -0.2) is 0 Å². The van der Waals surface area contributed by atoms with E-state index in [1.165, 1.54) is 5.56 Å². The summed E-state index contributed by atoms with van der Waals surface area (Å²) in [6, 6.07) is 16.2. The van der Waals surface area contributed by atoms with Crippen molar-refractivity contribution in [1.82, 2.24) is 0 Å². The molecule has 0 spiro atoms. The molecule has 0 saturated heterocycles. The van der Waals surface area contributed by atoms with E-state index in [1.807, 2.05) is 30.5 Å². The monoisotopic (exact) mass is 304 g/mol. The fraction of sp³-hybridized carbons (Fsp3) is 0.0625. The Labute approximate surface area is 129 Å². The van der Waals surface area contributed by atoms with Gasteiger partial charge < -0.3 is 17.7 Å². The highest BCUT2D eigenvalue weighted by Crippen LogP contribution is 2.25. The molecule has 0 aliphatic rings.